The highest BCUT2D eigenvalue weighted by Gasteiger charge is 2.28. The molecule has 0 spiro atoms. The van der Waals surface area contributed by atoms with Crippen molar-refractivity contribution in [1.82, 2.24) is 9.55 Å². The number of carbonyl (C=O) groups is 1. The predicted molar refractivity (Wildman–Crippen MR) is 71.8 cm³/mol. The number of nitrogens with zero attached hydrogens (tertiary/aromatic N) is 2. The minimum absolute atomic E-state index is 0.276. The Morgan fingerprint density at radius 2 is 2.28 bits per heavy atom. The molecule has 94 valence electrons. The molecule has 3 heteroatoms. The third-order valence-corrected chi connectivity index (χ3v) is 3.90. The van der Waals surface area contributed by atoms with E-state index >= 15 is 0 Å². The van der Waals surface area contributed by atoms with Crippen LogP contribution in [0.4, 0.5) is 0 Å². The number of hydrogen-bond acceptors (Lipinski definition) is 2. The number of carbonyl (C=O) groups excluding carboxylic acids is 1. The van der Waals surface area contributed by atoms with Gasteiger partial charge in [0.1, 0.15) is 12.1 Å². The molecule has 3 rings (SSSR count). The number of aromatic nitrogens is 2. The van der Waals surface area contributed by atoms with Crippen LogP contribution in [0.2, 0.25) is 0 Å². The van der Waals surface area contributed by atoms with Crippen molar-refractivity contribution in [2.24, 2.45) is 7.05 Å². The van der Waals surface area contributed by atoms with Crippen molar-refractivity contribution in [1.29, 1.82) is 0 Å². The summed E-state index contributed by atoms with van der Waals surface area (Å²) in [6.07, 6.45) is 4.11. The van der Waals surface area contributed by atoms with E-state index in [1.165, 1.54) is 29.7 Å². The minimum Gasteiger partial charge on any atom is -0.331 e. The molecule has 1 fully saturated rings. The first-order valence-electron chi connectivity index (χ1n) is 6.60. The predicted octanol–water partition coefficient (Wildman–Crippen LogP) is 3.14. The summed E-state index contributed by atoms with van der Waals surface area (Å²) in [5.74, 6) is 2.15. The molecule has 1 aliphatic rings. The van der Waals surface area contributed by atoms with Crippen molar-refractivity contribution in [2.75, 3.05) is 0 Å². The summed E-state index contributed by atoms with van der Waals surface area (Å²) in [6.45, 7) is 2.08. The molecule has 18 heavy (non-hydrogen) atoms. The Morgan fingerprint density at radius 1 is 1.50 bits per heavy atom. The summed E-state index contributed by atoms with van der Waals surface area (Å²) >= 11 is 0. The molecule has 3 nitrogen and oxygen atoms in total. The van der Waals surface area contributed by atoms with E-state index in [0.29, 0.717) is 12.3 Å². The third kappa shape index (κ3) is 1.84. The average molecular weight is 242 g/mol. The van der Waals surface area contributed by atoms with Gasteiger partial charge in [-0.15, -0.1) is 0 Å². The number of aryl methyl sites for hydroxylation is 1. The Balaban J connectivity index is 2.03. The van der Waals surface area contributed by atoms with E-state index in [9.17, 15) is 4.79 Å². The summed E-state index contributed by atoms with van der Waals surface area (Å²) < 4.78 is 2.21. The lowest BCUT2D eigenvalue weighted by molar-refractivity contribution is -0.108. The topological polar surface area (TPSA) is 34.9 Å². The molecule has 0 aliphatic heterocycles. The fourth-order valence-corrected chi connectivity index (χ4v) is 2.53. The molecule has 0 amide bonds. The summed E-state index contributed by atoms with van der Waals surface area (Å²) in [5, 5.41) is 0. The lowest BCUT2D eigenvalue weighted by Gasteiger charge is -2.07. The fourth-order valence-electron chi connectivity index (χ4n) is 2.53. The van der Waals surface area contributed by atoms with Crippen LogP contribution in [0, 0.1) is 0 Å². The number of fused-ring (bicyclic) bond motifs is 1. The van der Waals surface area contributed by atoms with E-state index < -0.39 is 0 Å². The standard InChI is InChI=1S/C15H18N2O/c1-10(7-8-18)12-5-6-14-13(9-12)16-15(17(14)2)11-3-4-11/h5-6,8-11H,3-4,7H2,1-2H3. The van der Waals surface area contributed by atoms with Gasteiger partial charge < -0.3 is 9.36 Å². The van der Waals surface area contributed by atoms with Gasteiger partial charge in [0.05, 0.1) is 11.0 Å². The second-order valence-corrected chi connectivity index (χ2v) is 5.35. The van der Waals surface area contributed by atoms with Crippen LogP contribution in [-0.2, 0) is 11.8 Å². The van der Waals surface area contributed by atoms with Gasteiger partial charge in [-0.1, -0.05) is 13.0 Å². The zero-order valence-corrected chi connectivity index (χ0v) is 10.9. The normalized spacial score (nSPS) is 17.0. The summed E-state index contributed by atoms with van der Waals surface area (Å²) in [7, 11) is 2.09. The number of rotatable bonds is 4. The van der Waals surface area contributed by atoms with E-state index in [1.807, 2.05) is 0 Å². The van der Waals surface area contributed by atoms with Gasteiger partial charge in [0, 0.05) is 19.4 Å². The molecule has 1 atom stereocenters. The Labute approximate surface area is 107 Å². The van der Waals surface area contributed by atoms with Gasteiger partial charge in [0.25, 0.3) is 0 Å². The monoisotopic (exact) mass is 242 g/mol. The molecule has 0 radical (unpaired) electrons. The van der Waals surface area contributed by atoms with Crippen LogP contribution >= 0.6 is 0 Å². The molecule has 1 aromatic heterocycles. The SMILES string of the molecule is CC(CC=O)c1ccc2c(c1)nc(C1CC1)n2C. The van der Waals surface area contributed by atoms with Crippen LogP contribution in [0.3, 0.4) is 0 Å². The quantitative estimate of drug-likeness (QED) is 0.772. The van der Waals surface area contributed by atoms with Crippen LogP contribution in [0.15, 0.2) is 18.2 Å². The number of imidazole rings is 1. The van der Waals surface area contributed by atoms with E-state index in [-0.39, 0.29) is 5.92 Å². The van der Waals surface area contributed by atoms with Crippen LogP contribution in [0.5, 0.6) is 0 Å². The van der Waals surface area contributed by atoms with Gasteiger partial charge in [0.2, 0.25) is 0 Å². The Kier molecular flexibility index (Phi) is 2.69. The Morgan fingerprint density at radius 3 is 2.94 bits per heavy atom. The molecule has 2 aromatic rings. The molecule has 1 unspecified atom stereocenters. The van der Waals surface area contributed by atoms with Gasteiger partial charge in [-0.3, -0.25) is 0 Å². The van der Waals surface area contributed by atoms with Crippen molar-refractivity contribution >= 4 is 17.3 Å². The fraction of sp³-hybridized carbons (Fsp3) is 0.467. The average Bonchev–Trinajstić information content (AvgIpc) is 3.15. The van der Waals surface area contributed by atoms with Gasteiger partial charge >= 0.3 is 0 Å². The summed E-state index contributed by atoms with van der Waals surface area (Å²) in [5.41, 5.74) is 3.46. The Hall–Kier alpha value is -1.64. The van der Waals surface area contributed by atoms with Crippen molar-refractivity contribution in [3.05, 3.63) is 29.6 Å². The molecular formula is C15H18N2O. The highest BCUT2D eigenvalue weighted by atomic mass is 16.1. The second-order valence-electron chi connectivity index (χ2n) is 5.35. The molecule has 1 saturated carbocycles. The summed E-state index contributed by atoms with van der Waals surface area (Å²) in [4.78, 5) is 15.3. The van der Waals surface area contributed by atoms with Crippen LogP contribution in [-0.4, -0.2) is 15.8 Å². The van der Waals surface area contributed by atoms with Gasteiger partial charge in [-0.05, 0) is 36.5 Å². The molecule has 1 aromatic carbocycles. The van der Waals surface area contributed by atoms with E-state index in [4.69, 9.17) is 4.98 Å². The summed E-state index contributed by atoms with van der Waals surface area (Å²) in [6, 6.07) is 6.38. The highest BCUT2D eigenvalue weighted by molar-refractivity contribution is 5.77. The number of hydrogen-bond donors (Lipinski definition) is 0. The largest absolute Gasteiger partial charge is 0.331 e. The number of benzene rings is 1. The van der Waals surface area contributed by atoms with Crippen LogP contribution < -0.4 is 0 Å². The molecule has 0 N–H and O–H groups in total. The molecule has 0 bridgehead atoms. The first-order chi connectivity index (χ1) is 8.70. The van der Waals surface area contributed by atoms with Crippen molar-refractivity contribution in [3.8, 4) is 0 Å². The van der Waals surface area contributed by atoms with E-state index in [2.05, 4.69) is 36.7 Å². The zero-order valence-electron chi connectivity index (χ0n) is 10.9. The van der Waals surface area contributed by atoms with Gasteiger partial charge in [-0.25, -0.2) is 4.98 Å². The Bertz CT molecular complexity index is 596. The lowest BCUT2D eigenvalue weighted by Crippen LogP contribution is -1.95. The van der Waals surface area contributed by atoms with Crippen molar-refractivity contribution < 1.29 is 4.79 Å². The van der Waals surface area contributed by atoms with E-state index in [0.717, 1.165) is 11.8 Å². The van der Waals surface area contributed by atoms with Crippen molar-refractivity contribution in [2.45, 2.75) is 38.0 Å². The minimum atomic E-state index is 0.276. The first-order valence-corrected chi connectivity index (χ1v) is 6.60. The third-order valence-electron chi connectivity index (χ3n) is 3.90. The van der Waals surface area contributed by atoms with Gasteiger partial charge in [-0.2, -0.15) is 0 Å². The van der Waals surface area contributed by atoms with E-state index in [1.54, 1.807) is 0 Å². The maximum Gasteiger partial charge on any atom is 0.120 e. The van der Waals surface area contributed by atoms with Crippen molar-refractivity contribution in [3.63, 3.8) is 0 Å². The maximum absolute atomic E-state index is 10.6. The number of aldehydes is 1. The smallest absolute Gasteiger partial charge is 0.120 e. The van der Waals surface area contributed by atoms with Crippen LogP contribution in [0.1, 0.15) is 49.4 Å². The molecule has 0 saturated heterocycles. The lowest BCUT2D eigenvalue weighted by atomic mass is 9.98. The molecular weight excluding hydrogens is 224 g/mol. The molecule has 1 heterocycles. The molecule has 1 aliphatic carbocycles. The zero-order chi connectivity index (χ0) is 12.7. The first kappa shape index (κ1) is 11.5. The van der Waals surface area contributed by atoms with Gasteiger partial charge in [0.15, 0.2) is 0 Å². The second kappa shape index (κ2) is 4.23. The van der Waals surface area contributed by atoms with Crippen LogP contribution in [0.25, 0.3) is 11.0 Å². The highest BCUT2D eigenvalue weighted by Crippen LogP contribution is 2.40. The maximum atomic E-state index is 10.6.